The van der Waals surface area contributed by atoms with Gasteiger partial charge in [0.25, 0.3) is 5.56 Å². The second kappa shape index (κ2) is 4.31. The van der Waals surface area contributed by atoms with Crippen molar-refractivity contribution in [2.75, 3.05) is 5.73 Å². The molecule has 2 heterocycles. The van der Waals surface area contributed by atoms with Crippen LogP contribution in [0.2, 0.25) is 0 Å². The van der Waals surface area contributed by atoms with Crippen LogP contribution >= 0.6 is 11.3 Å². The molecule has 102 valence electrons. The summed E-state index contributed by atoms with van der Waals surface area (Å²) in [5.41, 5.74) is 7.70. The minimum Gasteiger partial charge on any atom is -0.375 e. The van der Waals surface area contributed by atoms with Crippen molar-refractivity contribution in [1.82, 2.24) is 14.5 Å². The first-order chi connectivity index (χ1) is 9.49. The van der Waals surface area contributed by atoms with E-state index < -0.39 is 11.2 Å². The quantitative estimate of drug-likeness (QED) is 0.706. The first-order valence-corrected chi connectivity index (χ1v) is 6.78. The zero-order chi connectivity index (χ0) is 14.4. The number of hydrogen-bond acceptors (Lipinski definition) is 5. The maximum Gasteiger partial charge on any atom is 0.334 e. The molecule has 3 aromatic rings. The van der Waals surface area contributed by atoms with Crippen molar-refractivity contribution in [3.05, 3.63) is 50.2 Å². The molecule has 0 saturated heterocycles. The normalized spacial score (nSPS) is 11.1. The van der Waals surface area contributed by atoms with Gasteiger partial charge >= 0.3 is 5.69 Å². The van der Waals surface area contributed by atoms with Crippen molar-refractivity contribution in [2.24, 2.45) is 0 Å². The molecule has 2 aromatic heterocycles. The van der Waals surface area contributed by atoms with Crippen molar-refractivity contribution in [1.29, 1.82) is 0 Å². The van der Waals surface area contributed by atoms with Gasteiger partial charge in [-0.3, -0.25) is 9.78 Å². The summed E-state index contributed by atoms with van der Waals surface area (Å²) >= 11 is 1.07. The zero-order valence-corrected chi connectivity index (χ0v) is 11.7. The number of aromatic nitrogens is 3. The zero-order valence-electron chi connectivity index (χ0n) is 10.9. The topological polar surface area (TPSA) is 93.8 Å². The minimum absolute atomic E-state index is 0.259. The highest BCUT2D eigenvalue weighted by molar-refractivity contribution is 7.21. The number of anilines is 1. The summed E-state index contributed by atoms with van der Waals surface area (Å²) in [4.78, 5) is 30.4. The van der Waals surface area contributed by atoms with E-state index in [1.165, 1.54) is 4.57 Å². The molecule has 0 atom stereocenters. The van der Waals surface area contributed by atoms with E-state index in [2.05, 4.69) is 9.97 Å². The standard InChI is InChI=1S/C13H12N4O2S/c1-6-4-3-5-8(7(6)2)17-10-9(20-12(14)15-10)11(18)16-13(17)19/h3-5H,1-2H3,(H2,14,15)(H,16,18,19). The van der Waals surface area contributed by atoms with Crippen LogP contribution in [0.25, 0.3) is 16.0 Å². The lowest BCUT2D eigenvalue weighted by atomic mass is 10.1. The van der Waals surface area contributed by atoms with E-state index in [9.17, 15) is 9.59 Å². The highest BCUT2D eigenvalue weighted by Gasteiger charge is 2.15. The number of nitrogens with zero attached hydrogens (tertiary/aromatic N) is 2. The molecule has 3 rings (SSSR count). The van der Waals surface area contributed by atoms with Gasteiger partial charge in [0.05, 0.1) is 5.69 Å². The van der Waals surface area contributed by atoms with Gasteiger partial charge in [0, 0.05) is 0 Å². The van der Waals surface area contributed by atoms with Crippen LogP contribution in [0.4, 0.5) is 5.13 Å². The molecule has 0 fully saturated rings. The largest absolute Gasteiger partial charge is 0.375 e. The predicted octanol–water partition coefficient (Wildman–Crippen LogP) is 1.33. The third-order valence-corrected chi connectivity index (χ3v) is 4.16. The van der Waals surface area contributed by atoms with Crippen molar-refractivity contribution in [3.63, 3.8) is 0 Å². The number of nitrogens with one attached hydrogen (secondary N) is 1. The molecule has 0 unspecified atom stereocenters. The maximum atomic E-state index is 12.2. The Hall–Kier alpha value is -2.41. The number of rotatable bonds is 1. The van der Waals surface area contributed by atoms with Gasteiger partial charge in [0.15, 0.2) is 10.8 Å². The molecule has 0 spiro atoms. The summed E-state index contributed by atoms with van der Waals surface area (Å²) in [5, 5.41) is 0.259. The third kappa shape index (κ3) is 1.75. The van der Waals surface area contributed by atoms with Crippen molar-refractivity contribution < 1.29 is 0 Å². The fourth-order valence-corrected chi connectivity index (χ4v) is 2.85. The Morgan fingerprint density at radius 1 is 1.30 bits per heavy atom. The van der Waals surface area contributed by atoms with Gasteiger partial charge in [-0.1, -0.05) is 23.5 Å². The molecule has 0 amide bonds. The summed E-state index contributed by atoms with van der Waals surface area (Å²) < 4.78 is 1.74. The molecule has 3 N–H and O–H groups in total. The Morgan fingerprint density at radius 2 is 2.05 bits per heavy atom. The molecule has 0 bridgehead atoms. The molecule has 7 heteroatoms. The van der Waals surface area contributed by atoms with Crippen molar-refractivity contribution >= 4 is 26.8 Å². The van der Waals surface area contributed by atoms with Gasteiger partial charge in [-0.2, -0.15) is 0 Å². The van der Waals surface area contributed by atoms with E-state index in [0.717, 1.165) is 22.5 Å². The van der Waals surface area contributed by atoms with Gasteiger partial charge in [0.1, 0.15) is 4.70 Å². The van der Waals surface area contributed by atoms with E-state index >= 15 is 0 Å². The summed E-state index contributed by atoms with van der Waals surface area (Å²) in [6, 6.07) is 5.63. The Morgan fingerprint density at radius 3 is 2.80 bits per heavy atom. The van der Waals surface area contributed by atoms with Gasteiger partial charge in [-0.05, 0) is 31.0 Å². The molecular formula is C13H12N4O2S. The second-order valence-electron chi connectivity index (χ2n) is 4.52. The van der Waals surface area contributed by atoms with Crippen LogP contribution in [0.15, 0.2) is 27.8 Å². The summed E-state index contributed by atoms with van der Waals surface area (Å²) in [6.45, 7) is 3.88. The number of nitrogen functional groups attached to an aromatic ring is 1. The maximum absolute atomic E-state index is 12.2. The molecule has 1 aromatic carbocycles. The molecule has 0 aliphatic rings. The van der Waals surface area contributed by atoms with Crippen LogP contribution in [-0.2, 0) is 0 Å². The first kappa shape index (κ1) is 12.6. The van der Waals surface area contributed by atoms with E-state index in [0.29, 0.717) is 16.0 Å². The number of benzene rings is 1. The smallest absolute Gasteiger partial charge is 0.334 e. The highest BCUT2D eigenvalue weighted by Crippen LogP contribution is 2.23. The van der Waals surface area contributed by atoms with Crippen LogP contribution < -0.4 is 17.0 Å². The Bertz CT molecular complexity index is 936. The number of fused-ring (bicyclic) bond motifs is 1. The van der Waals surface area contributed by atoms with Crippen LogP contribution in [0.1, 0.15) is 11.1 Å². The molecule has 6 nitrogen and oxygen atoms in total. The van der Waals surface area contributed by atoms with Gasteiger partial charge < -0.3 is 5.73 Å². The first-order valence-electron chi connectivity index (χ1n) is 5.97. The van der Waals surface area contributed by atoms with Gasteiger partial charge in [-0.15, -0.1) is 0 Å². The minimum atomic E-state index is -0.512. The molecule has 20 heavy (non-hydrogen) atoms. The average molecular weight is 288 g/mol. The summed E-state index contributed by atoms with van der Waals surface area (Å²) in [6.07, 6.45) is 0. The Kier molecular flexibility index (Phi) is 2.72. The number of nitrogens with two attached hydrogens (primary N) is 1. The lowest BCUT2D eigenvalue weighted by molar-refractivity contribution is 0.923. The van der Waals surface area contributed by atoms with E-state index in [4.69, 9.17) is 5.73 Å². The Labute approximate surface area is 117 Å². The predicted molar refractivity (Wildman–Crippen MR) is 79.7 cm³/mol. The number of hydrogen-bond donors (Lipinski definition) is 2. The lowest BCUT2D eigenvalue weighted by Gasteiger charge is -2.11. The fraction of sp³-hybridized carbons (Fsp3) is 0.154. The SMILES string of the molecule is Cc1cccc(-n2c(=O)[nH]c(=O)c3sc(N)nc32)c1C. The molecule has 0 aliphatic heterocycles. The molecular weight excluding hydrogens is 276 g/mol. The molecule has 0 radical (unpaired) electrons. The van der Waals surface area contributed by atoms with E-state index in [1.807, 2.05) is 32.0 Å². The lowest BCUT2D eigenvalue weighted by Crippen LogP contribution is -2.29. The fourth-order valence-electron chi connectivity index (χ4n) is 2.13. The van der Waals surface area contributed by atoms with Crippen molar-refractivity contribution in [2.45, 2.75) is 13.8 Å². The third-order valence-electron chi connectivity index (χ3n) is 3.28. The van der Waals surface area contributed by atoms with Crippen LogP contribution in [0.5, 0.6) is 0 Å². The van der Waals surface area contributed by atoms with E-state index in [1.54, 1.807) is 0 Å². The van der Waals surface area contributed by atoms with Gasteiger partial charge in [0.2, 0.25) is 0 Å². The number of aromatic amines is 1. The number of H-pyrrole nitrogens is 1. The van der Waals surface area contributed by atoms with Crippen LogP contribution in [-0.4, -0.2) is 14.5 Å². The number of thiazole rings is 1. The van der Waals surface area contributed by atoms with Gasteiger partial charge in [-0.25, -0.2) is 14.3 Å². The molecule has 0 aliphatic carbocycles. The van der Waals surface area contributed by atoms with Crippen LogP contribution in [0, 0.1) is 13.8 Å². The number of aryl methyl sites for hydroxylation is 1. The monoisotopic (exact) mass is 288 g/mol. The summed E-state index contributed by atoms with van der Waals surface area (Å²) in [5.74, 6) is 0. The molecule has 0 saturated carbocycles. The van der Waals surface area contributed by atoms with Crippen LogP contribution in [0.3, 0.4) is 0 Å². The Balaban J connectivity index is 2.51. The average Bonchev–Trinajstić information content (AvgIpc) is 2.76. The van der Waals surface area contributed by atoms with E-state index in [-0.39, 0.29) is 5.13 Å². The van der Waals surface area contributed by atoms with Crippen molar-refractivity contribution in [3.8, 4) is 5.69 Å². The highest BCUT2D eigenvalue weighted by atomic mass is 32.1. The second-order valence-corrected chi connectivity index (χ2v) is 5.55. The summed E-state index contributed by atoms with van der Waals surface area (Å²) in [7, 11) is 0.